The van der Waals surface area contributed by atoms with Crippen LogP contribution in [0.25, 0.3) is 43.8 Å². The van der Waals surface area contributed by atoms with Gasteiger partial charge in [0.1, 0.15) is 17.0 Å². The van der Waals surface area contributed by atoms with Crippen LogP contribution < -0.4 is 0 Å². The molecule has 0 radical (unpaired) electrons. The molecule has 0 saturated heterocycles. The van der Waals surface area contributed by atoms with E-state index < -0.39 is 0 Å². The fourth-order valence-electron chi connectivity index (χ4n) is 3.48. The van der Waals surface area contributed by atoms with Crippen molar-refractivity contribution in [3.63, 3.8) is 0 Å². The van der Waals surface area contributed by atoms with Crippen molar-refractivity contribution in [3.8, 4) is 11.1 Å². The molecule has 4 aromatic carbocycles. The molecule has 0 aliphatic carbocycles. The minimum atomic E-state index is -0.299. The van der Waals surface area contributed by atoms with Crippen molar-refractivity contribution in [1.29, 1.82) is 0 Å². The Labute approximate surface area is 148 Å². The molecule has 120 valence electrons. The van der Waals surface area contributed by atoms with Crippen LogP contribution >= 0.6 is 11.6 Å². The Morgan fingerprint density at radius 1 is 0.760 bits per heavy atom. The van der Waals surface area contributed by atoms with E-state index in [0.29, 0.717) is 10.6 Å². The van der Waals surface area contributed by atoms with E-state index in [1.165, 1.54) is 6.07 Å². The Kier molecular flexibility index (Phi) is 3.09. The third-order valence-electron chi connectivity index (χ3n) is 4.61. The highest BCUT2D eigenvalue weighted by Crippen LogP contribution is 2.40. The number of fused-ring (bicyclic) bond motifs is 5. The van der Waals surface area contributed by atoms with Crippen LogP contribution in [0.1, 0.15) is 0 Å². The lowest BCUT2D eigenvalue weighted by Gasteiger charge is -2.06. The zero-order valence-corrected chi connectivity index (χ0v) is 13.8. The van der Waals surface area contributed by atoms with Gasteiger partial charge >= 0.3 is 0 Å². The second kappa shape index (κ2) is 5.33. The average molecular weight is 347 g/mol. The quantitative estimate of drug-likeness (QED) is 0.313. The normalized spacial score (nSPS) is 11.6. The molecule has 0 amide bonds. The summed E-state index contributed by atoms with van der Waals surface area (Å²) in [5.41, 5.74) is 2.83. The van der Waals surface area contributed by atoms with E-state index in [9.17, 15) is 4.39 Å². The fourth-order valence-corrected chi connectivity index (χ4v) is 3.65. The Morgan fingerprint density at radius 2 is 1.64 bits per heavy atom. The van der Waals surface area contributed by atoms with Gasteiger partial charge in [0.15, 0.2) is 0 Å². The Morgan fingerprint density at radius 3 is 2.56 bits per heavy atom. The van der Waals surface area contributed by atoms with E-state index in [0.717, 1.165) is 38.3 Å². The molecule has 0 saturated carbocycles. The monoisotopic (exact) mass is 346 g/mol. The zero-order valence-electron chi connectivity index (χ0n) is 13.1. The molecular formula is C22H12ClFO. The van der Waals surface area contributed by atoms with Crippen LogP contribution in [-0.2, 0) is 0 Å². The summed E-state index contributed by atoms with van der Waals surface area (Å²) in [5, 5.41) is 4.55. The molecule has 0 N–H and O–H groups in total. The zero-order chi connectivity index (χ0) is 17.0. The number of halogens is 2. The van der Waals surface area contributed by atoms with Crippen molar-refractivity contribution in [3.05, 3.63) is 83.6 Å². The summed E-state index contributed by atoms with van der Waals surface area (Å²) in [6.07, 6.45) is 0. The molecule has 3 heteroatoms. The van der Waals surface area contributed by atoms with Gasteiger partial charge in [0.05, 0.1) is 0 Å². The summed E-state index contributed by atoms with van der Waals surface area (Å²) in [4.78, 5) is 0. The highest BCUT2D eigenvalue weighted by molar-refractivity contribution is 6.31. The Balaban J connectivity index is 1.95. The van der Waals surface area contributed by atoms with Gasteiger partial charge < -0.3 is 4.42 Å². The van der Waals surface area contributed by atoms with Gasteiger partial charge in [-0.05, 0) is 41.3 Å². The molecule has 0 bridgehead atoms. The number of hydrogen-bond donors (Lipinski definition) is 0. The van der Waals surface area contributed by atoms with E-state index in [-0.39, 0.29) is 5.82 Å². The Bertz CT molecular complexity index is 1270. The summed E-state index contributed by atoms with van der Waals surface area (Å²) in [5.74, 6) is -0.299. The van der Waals surface area contributed by atoms with Gasteiger partial charge in [0.25, 0.3) is 0 Å². The first kappa shape index (κ1) is 14.5. The maximum absolute atomic E-state index is 14.5. The minimum absolute atomic E-state index is 0.299. The van der Waals surface area contributed by atoms with Gasteiger partial charge in [-0.1, -0.05) is 54.1 Å². The van der Waals surface area contributed by atoms with Gasteiger partial charge in [0, 0.05) is 26.7 Å². The van der Waals surface area contributed by atoms with Crippen LogP contribution in [0.4, 0.5) is 4.39 Å². The van der Waals surface area contributed by atoms with Gasteiger partial charge in [-0.25, -0.2) is 4.39 Å². The van der Waals surface area contributed by atoms with Crippen molar-refractivity contribution in [2.45, 2.75) is 0 Å². The molecule has 0 aliphatic rings. The molecule has 1 aromatic heterocycles. The maximum atomic E-state index is 14.5. The largest absolute Gasteiger partial charge is 0.455 e. The highest BCUT2D eigenvalue weighted by Gasteiger charge is 2.16. The fraction of sp³-hybridized carbons (Fsp3) is 0. The van der Waals surface area contributed by atoms with Crippen molar-refractivity contribution in [2.75, 3.05) is 0 Å². The van der Waals surface area contributed by atoms with Gasteiger partial charge in [-0.3, -0.25) is 0 Å². The summed E-state index contributed by atoms with van der Waals surface area (Å²) in [6.45, 7) is 0. The first-order chi connectivity index (χ1) is 12.2. The molecule has 5 aromatic rings. The van der Waals surface area contributed by atoms with Crippen LogP contribution in [-0.4, -0.2) is 0 Å². The van der Waals surface area contributed by atoms with Crippen molar-refractivity contribution in [1.82, 2.24) is 0 Å². The molecule has 0 fully saturated rings. The Hall–Kier alpha value is -2.84. The predicted octanol–water partition coefficient (Wildman–Crippen LogP) is 7.20. The van der Waals surface area contributed by atoms with Gasteiger partial charge in [-0.2, -0.15) is 0 Å². The lowest BCUT2D eigenvalue weighted by Crippen LogP contribution is -1.85. The SMILES string of the molecule is Fc1ccc(Cl)cc1-c1cccc2oc3c4ccccc4ccc3c12. The van der Waals surface area contributed by atoms with Crippen LogP contribution in [0.15, 0.2) is 77.2 Å². The van der Waals surface area contributed by atoms with Crippen molar-refractivity contribution in [2.24, 2.45) is 0 Å². The van der Waals surface area contributed by atoms with Gasteiger partial charge in [0.2, 0.25) is 0 Å². The molecule has 0 spiro atoms. The molecule has 0 aliphatic heterocycles. The molecule has 1 nitrogen and oxygen atoms in total. The first-order valence-corrected chi connectivity index (χ1v) is 8.38. The molecule has 1 heterocycles. The number of hydrogen-bond acceptors (Lipinski definition) is 1. The second-order valence-corrected chi connectivity index (χ2v) is 6.50. The third kappa shape index (κ3) is 2.15. The summed E-state index contributed by atoms with van der Waals surface area (Å²) < 4.78 is 20.6. The number of furan rings is 1. The summed E-state index contributed by atoms with van der Waals surface area (Å²) >= 11 is 6.10. The summed E-state index contributed by atoms with van der Waals surface area (Å²) in [7, 11) is 0. The first-order valence-electron chi connectivity index (χ1n) is 8.01. The van der Waals surface area contributed by atoms with Crippen molar-refractivity contribution >= 4 is 44.3 Å². The second-order valence-electron chi connectivity index (χ2n) is 6.07. The van der Waals surface area contributed by atoms with Crippen LogP contribution in [0, 0.1) is 5.82 Å². The third-order valence-corrected chi connectivity index (χ3v) is 4.84. The van der Waals surface area contributed by atoms with E-state index in [2.05, 4.69) is 12.1 Å². The molecule has 5 rings (SSSR count). The summed E-state index contributed by atoms with van der Waals surface area (Å²) in [6, 6.07) is 22.5. The molecule has 0 atom stereocenters. The van der Waals surface area contributed by atoms with Crippen LogP contribution in [0.5, 0.6) is 0 Å². The highest BCUT2D eigenvalue weighted by atomic mass is 35.5. The number of benzene rings is 4. The lowest BCUT2D eigenvalue weighted by atomic mass is 9.98. The molecule has 25 heavy (non-hydrogen) atoms. The van der Waals surface area contributed by atoms with Crippen LogP contribution in [0.3, 0.4) is 0 Å². The maximum Gasteiger partial charge on any atom is 0.143 e. The standard InChI is InChI=1S/C22H12ClFO/c23-14-9-11-19(24)18(12-14)16-6-3-7-20-21(16)17-10-8-13-4-1-2-5-15(13)22(17)25-20/h1-12H. The lowest BCUT2D eigenvalue weighted by molar-refractivity contribution is 0.631. The smallest absolute Gasteiger partial charge is 0.143 e. The molecular weight excluding hydrogens is 335 g/mol. The topological polar surface area (TPSA) is 13.1 Å². The minimum Gasteiger partial charge on any atom is -0.455 e. The predicted molar refractivity (Wildman–Crippen MR) is 102 cm³/mol. The van der Waals surface area contributed by atoms with E-state index >= 15 is 0 Å². The van der Waals surface area contributed by atoms with Gasteiger partial charge in [-0.15, -0.1) is 0 Å². The average Bonchev–Trinajstić information content (AvgIpc) is 3.03. The van der Waals surface area contributed by atoms with Crippen molar-refractivity contribution < 1.29 is 8.81 Å². The number of rotatable bonds is 1. The molecule has 0 unspecified atom stereocenters. The van der Waals surface area contributed by atoms with E-state index in [1.54, 1.807) is 12.1 Å². The van der Waals surface area contributed by atoms with Crippen LogP contribution in [0.2, 0.25) is 5.02 Å². The van der Waals surface area contributed by atoms with E-state index in [1.807, 2.05) is 42.5 Å². The van der Waals surface area contributed by atoms with E-state index in [4.69, 9.17) is 16.0 Å².